The lowest BCUT2D eigenvalue weighted by atomic mass is 10.0. The minimum atomic E-state index is -0.366. The molecule has 146 valence electrons. The molecule has 1 fully saturated rings. The van der Waals surface area contributed by atoms with Crippen molar-refractivity contribution in [2.45, 2.75) is 38.5 Å². The molecule has 5 heteroatoms. The predicted molar refractivity (Wildman–Crippen MR) is 104 cm³/mol. The van der Waals surface area contributed by atoms with Crippen LogP contribution in [0.5, 0.6) is 11.5 Å². The Morgan fingerprint density at radius 2 is 1.89 bits per heavy atom. The smallest absolute Gasteiger partial charge is 0.161 e. The van der Waals surface area contributed by atoms with E-state index in [9.17, 15) is 4.39 Å². The van der Waals surface area contributed by atoms with Crippen molar-refractivity contribution in [2.24, 2.45) is 5.92 Å². The van der Waals surface area contributed by atoms with Crippen LogP contribution < -0.4 is 14.8 Å². The number of rotatable bonds is 10. The summed E-state index contributed by atoms with van der Waals surface area (Å²) >= 11 is 0. The van der Waals surface area contributed by atoms with E-state index >= 15 is 0 Å². The van der Waals surface area contributed by atoms with Crippen LogP contribution in [-0.2, 0) is 11.3 Å². The van der Waals surface area contributed by atoms with Crippen molar-refractivity contribution in [1.82, 2.24) is 5.32 Å². The van der Waals surface area contributed by atoms with Crippen LogP contribution in [0.4, 0.5) is 4.39 Å². The first-order valence-electron chi connectivity index (χ1n) is 9.42. The maximum Gasteiger partial charge on any atom is 0.161 e. The molecule has 3 rings (SSSR count). The molecule has 0 bridgehead atoms. The van der Waals surface area contributed by atoms with Gasteiger partial charge in [0.2, 0.25) is 0 Å². The Bertz CT molecular complexity index is 748. The summed E-state index contributed by atoms with van der Waals surface area (Å²) < 4.78 is 31.0. The Kier molecular flexibility index (Phi) is 6.69. The summed E-state index contributed by atoms with van der Waals surface area (Å²) in [6.07, 6.45) is 2.13. The summed E-state index contributed by atoms with van der Waals surface area (Å²) in [5.74, 6) is 1.94. The van der Waals surface area contributed by atoms with E-state index < -0.39 is 0 Å². The molecule has 0 unspecified atom stereocenters. The van der Waals surface area contributed by atoms with Gasteiger partial charge in [-0.25, -0.2) is 4.39 Å². The van der Waals surface area contributed by atoms with Gasteiger partial charge in [-0.05, 0) is 49.4 Å². The Hall–Kier alpha value is -2.11. The van der Waals surface area contributed by atoms with Gasteiger partial charge in [-0.1, -0.05) is 24.3 Å². The number of benzene rings is 2. The van der Waals surface area contributed by atoms with Crippen molar-refractivity contribution in [3.8, 4) is 11.5 Å². The minimum absolute atomic E-state index is 0.0650. The average Bonchev–Trinajstić information content (AvgIpc) is 3.51. The number of methoxy groups -OCH3 is 2. The fourth-order valence-corrected chi connectivity index (χ4v) is 3.13. The summed E-state index contributed by atoms with van der Waals surface area (Å²) in [5.41, 5.74) is 1.64. The first-order valence-corrected chi connectivity index (χ1v) is 9.42. The highest BCUT2D eigenvalue weighted by molar-refractivity contribution is 5.43. The molecule has 1 saturated carbocycles. The summed E-state index contributed by atoms with van der Waals surface area (Å²) in [5, 5.41) is 3.43. The molecule has 2 aromatic rings. The van der Waals surface area contributed by atoms with Crippen molar-refractivity contribution in [3.63, 3.8) is 0 Å². The van der Waals surface area contributed by atoms with E-state index in [0.29, 0.717) is 18.0 Å². The second kappa shape index (κ2) is 9.20. The molecule has 0 spiro atoms. The van der Waals surface area contributed by atoms with Crippen molar-refractivity contribution in [3.05, 3.63) is 59.4 Å². The summed E-state index contributed by atoms with van der Waals surface area (Å²) in [6.45, 7) is 3.36. The quantitative estimate of drug-likeness (QED) is 0.666. The summed E-state index contributed by atoms with van der Waals surface area (Å²) in [6, 6.07) is 12.6. The van der Waals surface area contributed by atoms with Gasteiger partial charge in [0.15, 0.2) is 11.5 Å². The van der Waals surface area contributed by atoms with E-state index in [1.165, 1.54) is 18.9 Å². The Morgan fingerprint density at radius 1 is 1.11 bits per heavy atom. The highest BCUT2D eigenvalue weighted by atomic mass is 19.1. The van der Waals surface area contributed by atoms with Crippen LogP contribution in [-0.4, -0.2) is 26.9 Å². The molecule has 27 heavy (non-hydrogen) atoms. The molecule has 0 saturated heterocycles. The largest absolute Gasteiger partial charge is 0.493 e. The van der Waals surface area contributed by atoms with Crippen LogP contribution in [0.25, 0.3) is 0 Å². The Labute approximate surface area is 160 Å². The van der Waals surface area contributed by atoms with Crippen LogP contribution in [0.2, 0.25) is 0 Å². The van der Waals surface area contributed by atoms with Gasteiger partial charge in [0.25, 0.3) is 0 Å². The fraction of sp³-hybridized carbons (Fsp3) is 0.455. The van der Waals surface area contributed by atoms with Gasteiger partial charge < -0.3 is 19.5 Å². The van der Waals surface area contributed by atoms with Gasteiger partial charge in [0, 0.05) is 25.3 Å². The molecule has 2 atom stereocenters. The molecule has 0 heterocycles. The van der Waals surface area contributed by atoms with Crippen molar-refractivity contribution in [2.75, 3.05) is 20.8 Å². The molecular weight excluding hydrogens is 345 g/mol. The van der Waals surface area contributed by atoms with Gasteiger partial charge in [0.1, 0.15) is 5.82 Å². The van der Waals surface area contributed by atoms with E-state index in [-0.39, 0.29) is 18.0 Å². The predicted octanol–water partition coefficient (Wildman–Crippen LogP) is 4.49. The topological polar surface area (TPSA) is 39.7 Å². The molecule has 0 radical (unpaired) electrons. The first-order chi connectivity index (χ1) is 13.1. The van der Waals surface area contributed by atoms with Crippen LogP contribution in [0, 0.1) is 11.7 Å². The molecule has 2 aromatic carbocycles. The van der Waals surface area contributed by atoms with E-state index in [2.05, 4.69) is 5.32 Å². The van der Waals surface area contributed by atoms with Crippen molar-refractivity contribution >= 4 is 0 Å². The van der Waals surface area contributed by atoms with E-state index in [1.54, 1.807) is 26.4 Å². The van der Waals surface area contributed by atoms with Crippen molar-refractivity contribution in [1.29, 1.82) is 0 Å². The SMILES string of the molecule is COc1ccc(CN[C@H](C)[C@@H](OC)c2ccccc2F)cc1OCC1CC1. The molecule has 0 aromatic heterocycles. The monoisotopic (exact) mass is 373 g/mol. The third-order valence-electron chi connectivity index (χ3n) is 4.95. The van der Waals surface area contributed by atoms with Crippen molar-refractivity contribution < 1.29 is 18.6 Å². The third-order valence-corrected chi connectivity index (χ3v) is 4.95. The van der Waals surface area contributed by atoms with E-state index in [0.717, 1.165) is 23.7 Å². The standard InChI is InChI=1S/C22H28FNO3/c1-15(22(26-3)18-6-4-5-7-19(18)23)24-13-17-10-11-20(25-2)21(12-17)27-14-16-8-9-16/h4-7,10-12,15-16,22,24H,8-9,13-14H2,1-3H3/t15-,22-/m1/s1. The average molecular weight is 373 g/mol. The highest BCUT2D eigenvalue weighted by Crippen LogP contribution is 2.33. The van der Waals surface area contributed by atoms with Crippen LogP contribution >= 0.6 is 0 Å². The lowest BCUT2D eigenvalue weighted by Gasteiger charge is -2.25. The minimum Gasteiger partial charge on any atom is -0.493 e. The normalized spacial score (nSPS) is 16.0. The number of ether oxygens (including phenoxy) is 3. The van der Waals surface area contributed by atoms with Gasteiger partial charge in [-0.15, -0.1) is 0 Å². The van der Waals surface area contributed by atoms with Gasteiger partial charge in [0.05, 0.1) is 19.8 Å². The second-order valence-corrected chi connectivity index (χ2v) is 7.09. The lowest BCUT2D eigenvalue weighted by molar-refractivity contribution is 0.0700. The first kappa shape index (κ1) is 19.6. The number of hydrogen-bond acceptors (Lipinski definition) is 4. The highest BCUT2D eigenvalue weighted by Gasteiger charge is 2.23. The van der Waals surface area contributed by atoms with E-state index in [1.807, 2.05) is 31.2 Å². The molecular formula is C22H28FNO3. The van der Waals surface area contributed by atoms with Gasteiger partial charge >= 0.3 is 0 Å². The maximum atomic E-state index is 14.1. The molecule has 0 aliphatic heterocycles. The summed E-state index contributed by atoms with van der Waals surface area (Å²) in [4.78, 5) is 0. The molecule has 0 amide bonds. The molecule has 4 nitrogen and oxygen atoms in total. The van der Waals surface area contributed by atoms with Crippen LogP contribution in [0.3, 0.4) is 0 Å². The summed E-state index contributed by atoms with van der Waals surface area (Å²) in [7, 11) is 3.25. The fourth-order valence-electron chi connectivity index (χ4n) is 3.13. The Morgan fingerprint density at radius 3 is 2.56 bits per heavy atom. The number of nitrogens with one attached hydrogen (secondary N) is 1. The Balaban J connectivity index is 1.64. The number of hydrogen-bond donors (Lipinski definition) is 1. The van der Waals surface area contributed by atoms with Crippen LogP contribution in [0.15, 0.2) is 42.5 Å². The maximum absolute atomic E-state index is 14.1. The number of halogens is 1. The second-order valence-electron chi connectivity index (χ2n) is 7.09. The molecule has 1 N–H and O–H groups in total. The third kappa shape index (κ3) is 5.21. The zero-order valence-electron chi connectivity index (χ0n) is 16.2. The van der Waals surface area contributed by atoms with Gasteiger partial charge in [-0.2, -0.15) is 0 Å². The lowest BCUT2D eigenvalue weighted by Crippen LogP contribution is -2.33. The zero-order chi connectivity index (χ0) is 19.2. The molecule has 1 aliphatic carbocycles. The van der Waals surface area contributed by atoms with E-state index in [4.69, 9.17) is 14.2 Å². The van der Waals surface area contributed by atoms with Gasteiger partial charge in [-0.3, -0.25) is 0 Å². The van der Waals surface area contributed by atoms with Crippen LogP contribution in [0.1, 0.15) is 37.0 Å². The molecule has 1 aliphatic rings. The zero-order valence-corrected chi connectivity index (χ0v) is 16.2.